The lowest BCUT2D eigenvalue weighted by Crippen LogP contribution is -2.41. The number of amides is 1. The van der Waals surface area contributed by atoms with Gasteiger partial charge in [0.1, 0.15) is 5.60 Å². The van der Waals surface area contributed by atoms with Crippen molar-refractivity contribution in [2.75, 3.05) is 13.1 Å². The van der Waals surface area contributed by atoms with Gasteiger partial charge in [-0.15, -0.1) is 11.3 Å². The molecule has 0 N–H and O–H groups in total. The molecule has 0 unspecified atom stereocenters. The maximum Gasteiger partial charge on any atom is 0.410 e. The number of hydrogen-bond acceptors (Lipinski definition) is 6. The minimum absolute atomic E-state index is 0.135. The Morgan fingerprint density at radius 3 is 2.45 bits per heavy atom. The number of hydrogen-bond donors (Lipinski definition) is 0. The van der Waals surface area contributed by atoms with E-state index in [1.165, 1.54) is 10.4 Å². The first kappa shape index (κ1) is 28.8. The number of benzene rings is 1. The van der Waals surface area contributed by atoms with Crippen LogP contribution in [0, 0.1) is 5.92 Å². The zero-order valence-electron chi connectivity index (χ0n) is 24.3. The molecule has 208 valence electrons. The number of thiophene rings is 1. The van der Waals surface area contributed by atoms with Crippen molar-refractivity contribution < 1.29 is 18.5 Å². The van der Waals surface area contributed by atoms with E-state index >= 15 is 0 Å². The van der Waals surface area contributed by atoms with Crippen LogP contribution in [0.5, 0.6) is 0 Å². The standard InChI is InChI=1S/C30H44N2O4SSi/c1-29(2,3)35-28(33)32-17-15-21(16-18-32)11-14-25-23-13-12-22(26-10-9-19-37-26)24(27(23)36-31-25)20-34-38(7,8)30(4,5)6/h9-10,12-13,19,21H,11,14-18,20H2,1-8H3. The Morgan fingerprint density at radius 1 is 1.13 bits per heavy atom. The summed E-state index contributed by atoms with van der Waals surface area (Å²) in [6, 6.07) is 8.61. The van der Waals surface area contributed by atoms with E-state index in [2.05, 4.69) is 68.7 Å². The van der Waals surface area contributed by atoms with Crippen molar-refractivity contribution in [1.82, 2.24) is 10.1 Å². The summed E-state index contributed by atoms with van der Waals surface area (Å²) in [4.78, 5) is 15.5. The molecule has 0 radical (unpaired) electrons. The SMILES string of the molecule is CC(C)(C)OC(=O)N1CCC(CCc2noc3c(CO[Si](C)(C)C(C)(C)C)c(-c4cccs4)ccc23)CC1. The molecule has 1 aliphatic heterocycles. The third-order valence-electron chi connectivity index (χ3n) is 8.04. The normalized spacial score (nSPS) is 15.8. The van der Waals surface area contributed by atoms with Crippen molar-refractivity contribution in [2.24, 2.45) is 5.92 Å². The Morgan fingerprint density at radius 2 is 1.84 bits per heavy atom. The third kappa shape index (κ3) is 6.69. The number of nitrogens with zero attached hydrogens (tertiary/aromatic N) is 2. The summed E-state index contributed by atoms with van der Waals surface area (Å²) in [6.45, 7) is 19.1. The van der Waals surface area contributed by atoms with Gasteiger partial charge in [-0.3, -0.25) is 0 Å². The largest absolute Gasteiger partial charge is 0.444 e. The molecule has 8 heteroatoms. The van der Waals surface area contributed by atoms with Crippen LogP contribution >= 0.6 is 11.3 Å². The third-order valence-corrected chi connectivity index (χ3v) is 13.4. The lowest BCUT2D eigenvalue weighted by molar-refractivity contribution is 0.0181. The Bertz CT molecular complexity index is 1230. The second-order valence-corrected chi connectivity index (χ2v) is 18.8. The molecule has 3 aromatic rings. The number of ether oxygens (including phenoxy) is 1. The van der Waals surface area contributed by atoms with Crippen LogP contribution in [0.4, 0.5) is 4.79 Å². The molecule has 4 rings (SSSR count). The van der Waals surface area contributed by atoms with Gasteiger partial charge in [-0.1, -0.05) is 38.1 Å². The molecule has 1 amide bonds. The molecule has 0 bridgehead atoms. The maximum absolute atomic E-state index is 12.4. The summed E-state index contributed by atoms with van der Waals surface area (Å²) in [5, 5.41) is 7.87. The lowest BCUT2D eigenvalue weighted by atomic mass is 9.91. The van der Waals surface area contributed by atoms with Gasteiger partial charge in [0.05, 0.1) is 12.3 Å². The number of piperidine rings is 1. The first-order valence-corrected chi connectivity index (χ1v) is 17.6. The van der Waals surface area contributed by atoms with E-state index in [0.29, 0.717) is 12.5 Å². The first-order valence-electron chi connectivity index (χ1n) is 13.8. The molecule has 0 saturated carbocycles. The molecule has 38 heavy (non-hydrogen) atoms. The van der Waals surface area contributed by atoms with Gasteiger partial charge in [0.2, 0.25) is 0 Å². The highest BCUT2D eigenvalue weighted by atomic mass is 32.1. The van der Waals surface area contributed by atoms with E-state index in [1.54, 1.807) is 11.3 Å². The summed E-state index contributed by atoms with van der Waals surface area (Å²) in [5.41, 5.74) is 3.67. The fourth-order valence-electron chi connectivity index (χ4n) is 4.64. The zero-order chi connectivity index (χ0) is 27.7. The fourth-order valence-corrected chi connectivity index (χ4v) is 6.35. The Hall–Kier alpha value is -2.16. The molecule has 0 atom stereocenters. The molecule has 2 aromatic heterocycles. The van der Waals surface area contributed by atoms with Gasteiger partial charge in [0, 0.05) is 34.5 Å². The summed E-state index contributed by atoms with van der Waals surface area (Å²) in [5.74, 6) is 0.562. The van der Waals surface area contributed by atoms with Crippen molar-refractivity contribution in [1.29, 1.82) is 0 Å². The highest BCUT2D eigenvalue weighted by Gasteiger charge is 2.37. The van der Waals surface area contributed by atoms with Crippen molar-refractivity contribution >= 4 is 36.7 Å². The van der Waals surface area contributed by atoms with Crippen molar-refractivity contribution in [3.8, 4) is 10.4 Å². The number of rotatable bonds is 7. The Balaban J connectivity index is 1.47. The van der Waals surface area contributed by atoms with Gasteiger partial charge in [0.15, 0.2) is 13.9 Å². The number of carbonyl (C=O) groups excluding carboxylic acids is 1. The quantitative estimate of drug-likeness (QED) is 0.272. The van der Waals surface area contributed by atoms with Crippen LogP contribution in [0.25, 0.3) is 21.4 Å². The van der Waals surface area contributed by atoms with Gasteiger partial charge < -0.3 is 18.6 Å². The van der Waals surface area contributed by atoms with E-state index in [-0.39, 0.29) is 11.1 Å². The van der Waals surface area contributed by atoms with Crippen LogP contribution in [0.2, 0.25) is 18.1 Å². The summed E-state index contributed by atoms with van der Waals surface area (Å²) in [6.07, 6.45) is 3.68. The van der Waals surface area contributed by atoms with Gasteiger partial charge in [-0.25, -0.2) is 4.79 Å². The van der Waals surface area contributed by atoms with Crippen LogP contribution in [0.1, 0.15) is 72.1 Å². The van der Waals surface area contributed by atoms with E-state index in [4.69, 9.17) is 13.7 Å². The highest BCUT2D eigenvalue weighted by molar-refractivity contribution is 7.13. The zero-order valence-corrected chi connectivity index (χ0v) is 26.2. The molecule has 1 saturated heterocycles. The average molecular weight is 557 g/mol. The molecule has 1 aliphatic rings. The van der Waals surface area contributed by atoms with Crippen LogP contribution < -0.4 is 0 Å². The second kappa shape index (κ2) is 11.1. The van der Waals surface area contributed by atoms with E-state index in [9.17, 15) is 4.79 Å². The predicted octanol–water partition coefficient (Wildman–Crippen LogP) is 8.66. The number of carbonyl (C=O) groups is 1. The molecule has 1 aromatic carbocycles. The highest BCUT2D eigenvalue weighted by Crippen LogP contribution is 2.40. The monoisotopic (exact) mass is 556 g/mol. The second-order valence-electron chi connectivity index (χ2n) is 13.1. The van der Waals surface area contributed by atoms with Crippen molar-refractivity contribution in [2.45, 2.75) is 97.6 Å². The minimum Gasteiger partial charge on any atom is -0.444 e. The Kier molecular flexibility index (Phi) is 8.45. The van der Waals surface area contributed by atoms with Crippen LogP contribution in [0.15, 0.2) is 34.2 Å². The van der Waals surface area contributed by atoms with Crippen LogP contribution in [-0.2, 0) is 22.2 Å². The topological polar surface area (TPSA) is 64.8 Å². The fraction of sp³-hybridized carbons (Fsp3) is 0.600. The number of likely N-dealkylation sites (tertiary alicyclic amines) is 1. The predicted molar refractivity (Wildman–Crippen MR) is 158 cm³/mol. The van der Waals surface area contributed by atoms with Gasteiger partial charge in [-0.05, 0) is 88.0 Å². The maximum atomic E-state index is 12.4. The van der Waals surface area contributed by atoms with Gasteiger partial charge >= 0.3 is 6.09 Å². The number of fused-ring (bicyclic) bond motifs is 1. The molecule has 6 nitrogen and oxygen atoms in total. The van der Waals surface area contributed by atoms with Crippen LogP contribution in [0.3, 0.4) is 0 Å². The lowest BCUT2D eigenvalue weighted by Gasteiger charge is -2.36. The number of aryl methyl sites for hydroxylation is 1. The van der Waals surface area contributed by atoms with Crippen molar-refractivity contribution in [3.05, 3.63) is 40.9 Å². The summed E-state index contributed by atoms with van der Waals surface area (Å²) >= 11 is 1.74. The molecular formula is C30H44N2O4SSi. The molecule has 3 heterocycles. The average Bonchev–Trinajstić information content (AvgIpc) is 3.50. The summed E-state index contributed by atoms with van der Waals surface area (Å²) < 4.78 is 18.2. The van der Waals surface area contributed by atoms with E-state index in [1.807, 2.05) is 25.7 Å². The van der Waals surface area contributed by atoms with Crippen LogP contribution in [-0.4, -0.2) is 43.2 Å². The Labute approximate surface area is 232 Å². The molecular weight excluding hydrogens is 512 g/mol. The van der Waals surface area contributed by atoms with Gasteiger partial charge in [-0.2, -0.15) is 0 Å². The van der Waals surface area contributed by atoms with E-state index < -0.39 is 13.9 Å². The molecule has 0 spiro atoms. The smallest absolute Gasteiger partial charge is 0.410 e. The minimum atomic E-state index is -1.94. The number of aromatic nitrogens is 1. The molecule has 0 aliphatic carbocycles. The van der Waals surface area contributed by atoms with Crippen molar-refractivity contribution in [3.63, 3.8) is 0 Å². The first-order chi connectivity index (χ1) is 17.7. The van der Waals surface area contributed by atoms with E-state index in [0.717, 1.165) is 61.0 Å². The summed E-state index contributed by atoms with van der Waals surface area (Å²) in [7, 11) is -1.94. The van der Waals surface area contributed by atoms with Gasteiger partial charge in [0.25, 0.3) is 0 Å². The molecule has 1 fully saturated rings.